The van der Waals surface area contributed by atoms with Gasteiger partial charge in [0.25, 0.3) is 0 Å². The van der Waals surface area contributed by atoms with Crippen LogP contribution in [-0.4, -0.2) is 18.4 Å². The number of ketones is 1. The molecule has 1 aliphatic heterocycles. The summed E-state index contributed by atoms with van der Waals surface area (Å²) in [5, 5.41) is 3.30. The fraction of sp³-hybridized carbons (Fsp3) is 0.929. The summed E-state index contributed by atoms with van der Waals surface area (Å²) < 4.78 is 0. The second-order valence-electron chi connectivity index (χ2n) is 6.72. The van der Waals surface area contributed by atoms with Gasteiger partial charge >= 0.3 is 0 Å². The highest BCUT2D eigenvalue weighted by Gasteiger charge is 2.38. The van der Waals surface area contributed by atoms with Crippen LogP contribution < -0.4 is 5.32 Å². The van der Waals surface area contributed by atoms with Crippen molar-refractivity contribution >= 4 is 5.78 Å². The predicted octanol–water partition coefficient (Wildman–Crippen LogP) is 2.77. The first kappa shape index (κ1) is 12.1. The van der Waals surface area contributed by atoms with E-state index < -0.39 is 0 Å². The zero-order valence-corrected chi connectivity index (χ0v) is 10.9. The maximum absolute atomic E-state index is 11.9. The Hall–Kier alpha value is -0.370. The van der Waals surface area contributed by atoms with Crippen LogP contribution in [0.15, 0.2) is 0 Å². The minimum atomic E-state index is 0.189. The van der Waals surface area contributed by atoms with Crippen LogP contribution in [0.1, 0.15) is 52.9 Å². The summed E-state index contributed by atoms with van der Waals surface area (Å²) in [4.78, 5) is 11.9. The van der Waals surface area contributed by atoms with E-state index in [9.17, 15) is 4.79 Å². The first-order valence-electron chi connectivity index (χ1n) is 6.73. The van der Waals surface area contributed by atoms with Gasteiger partial charge in [-0.3, -0.25) is 4.79 Å². The molecule has 0 aromatic rings. The highest BCUT2D eigenvalue weighted by molar-refractivity contribution is 5.84. The van der Waals surface area contributed by atoms with Gasteiger partial charge < -0.3 is 5.32 Å². The molecule has 0 amide bonds. The summed E-state index contributed by atoms with van der Waals surface area (Å²) in [6, 6.07) is 0.189. The first-order chi connectivity index (χ1) is 7.47. The molecular weight excluding hydrogens is 198 g/mol. The summed E-state index contributed by atoms with van der Waals surface area (Å²) in [6.07, 6.45) is 5.59. The summed E-state index contributed by atoms with van der Waals surface area (Å²) in [6.45, 7) is 7.97. The number of nitrogens with one attached hydrogen (secondary N) is 1. The van der Waals surface area contributed by atoms with Crippen molar-refractivity contribution in [3.8, 4) is 0 Å². The maximum atomic E-state index is 11.9. The predicted molar refractivity (Wildman–Crippen MR) is 66.3 cm³/mol. The van der Waals surface area contributed by atoms with Crippen molar-refractivity contribution in [3.63, 3.8) is 0 Å². The lowest BCUT2D eigenvalue weighted by Gasteiger charge is -2.43. The molecule has 16 heavy (non-hydrogen) atoms. The Morgan fingerprint density at radius 3 is 2.50 bits per heavy atom. The lowest BCUT2D eigenvalue weighted by Crippen LogP contribution is -2.38. The molecular formula is C14H25NO. The zero-order chi connectivity index (χ0) is 11.8. The second-order valence-corrected chi connectivity index (χ2v) is 6.72. The molecule has 1 N–H and O–H groups in total. The highest BCUT2D eigenvalue weighted by Crippen LogP contribution is 2.46. The van der Waals surface area contributed by atoms with Gasteiger partial charge in [-0.2, -0.15) is 0 Å². The standard InChI is InChI=1S/C14H25NO/c1-14(2,3)11-7-10(8-11)9-13(16)12-5-4-6-15-12/h10-12,15H,4-9H2,1-3H3. The third kappa shape index (κ3) is 2.65. The molecule has 92 valence electrons. The Bertz CT molecular complexity index is 254. The quantitative estimate of drug-likeness (QED) is 0.797. The lowest BCUT2D eigenvalue weighted by atomic mass is 9.62. The summed E-state index contributed by atoms with van der Waals surface area (Å²) in [5.41, 5.74) is 0.436. The average Bonchev–Trinajstić information content (AvgIpc) is 2.60. The molecule has 1 aliphatic carbocycles. The van der Waals surface area contributed by atoms with Crippen LogP contribution in [0.2, 0.25) is 0 Å². The van der Waals surface area contributed by atoms with Crippen molar-refractivity contribution in [2.75, 3.05) is 6.54 Å². The molecule has 1 atom stereocenters. The zero-order valence-electron chi connectivity index (χ0n) is 10.9. The van der Waals surface area contributed by atoms with Gasteiger partial charge in [-0.15, -0.1) is 0 Å². The van der Waals surface area contributed by atoms with Gasteiger partial charge in [-0.05, 0) is 49.5 Å². The van der Waals surface area contributed by atoms with Gasteiger partial charge in [-0.1, -0.05) is 20.8 Å². The van der Waals surface area contributed by atoms with E-state index in [0.29, 0.717) is 17.1 Å². The molecule has 2 fully saturated rings. The third-order valence-corrected chi connectivity index (χ3v) is 4.40. The largest absolute Gasteiger partial charge is 0.307 e. The summed E-state index contributed by atoms with van der Waals surface area (Å²) in [5.74, 6) is 1.98. The first-order valence-corrected chi connectivity index (χ1v) is 6.73. The summed E-state index contributed by atoms with van der Waals surface area (Å²) >= 11 is 0. The van der Waals surface area contributed by atoms with Gasteiger partial charge in [0.15, 0.2) is 0 Å². The minimum Gasteiger partial charge on any atom is -0.307 e. The number of carbonyl (C=O) groups is 1. The Kier molecular flexibility index (Phi) is 3.39. The SMILES string of the molecule is CC(C)(C)C1CC(CC(=O)C2CCCN2)C1. The van der Waals surface area contributed by atoms with Crippen LogP contribution in [0.3, 0.4) is 0 Å². The van der Waals surface area contributed by atoms with E-state index in [1.54, 1.807) is 0 Å². The van der Waals surface area contributed by atoms with E-state index in [4.69, 9.17) is 0 Å². The molecule has 0 spiro atoms. The van der Waals surface area contributed by atoms with Crippen molar-refractivity contribution in [2.24, 2.45) is 17.3 Å². The molecule has 2 heteroatoms. The monoisotopic (exact) mass is 223 g/mol. The molecule has 2 rings (SSSR count). The molecule has 2 nitrogen and oxygen atoms in total. The van der Waals surface area contributed by atoms with E-state index in [2.05, 4.69) is 26.1 Å². The molecule has 1 saturated heterocycles. The van der Waals surface area contributed by atoms with E-state index in [0.717, 1.165) is 25.3 Å². The molecule has 1 saturated carbocycles. The van der Waals surface area contributed by atoms with Gasteiger partial charge in [0.05, 0.1) is 6.04 Å². The average molecular weight is 223 g/mol. The second kappa shape index (κ2) is 4.48. The fourth-order valence-corrected chi connectivity index (χ4v) is 3.00. The van der Waals surface area contributed by atoms with Crippen LogP contribution in [0.5, 0.6) is 0 Å². The summed E-state index contributed by atoms with van der Waals surface area (Å²) in [7, 11) is 0. The van der Waals surface area contributed by atoms with Crippen LogP contribution >= 0.6 is 0 Å². The molecule has 0 radical (unpaired) electrons. The van der Waals surface area contributed by atoms with Gasteiger partial charge in [0, 0.05) is 6.42 Å². The van der Waals surface area contributed by atoms with E-state index in [1.165, 1.54) is 19.3 Å². The van der Waals surface area contributed by atoms with Crippen LogP contribution in [0, 0.1) is 17.3 Å². The van der Waals surface area contributed by atoms with E-state index in [-0.39, 0.29) is 6.04 Å². The van der Waals surface area contributed by atoms with E-state index in [1.807, 2.05) is 0 Å². The normalized spacial score (nSPS) is 34.8. The maximum Gasteiger partial charge on any atom is 0.150 e. The Balaban J connectivity index is 1.71. The lowest BCUT2D eigenvalue weighted by molar-refractivity contribution is -0.123. The van der Waals surface area contributed by atoms with Crippen molar-refractivity contribution < 1.29 is 4.79 Å². The molecule has 0 bridgehead atoms. The highest BCUT2D eigenvalue weighted by atomic mass is 16.1. The number of Topliss-reactive ketones (excluding diaryl/α,β-unsaturated/α-hetero) is 1. The van der Waals surface area contributed by atoms with Gasteiger partial charge in [0.2, 0.25) is 0 Å². The smallest absolute Gasteiger partial charge is 0.150 e. The molecule has 2 aliphatic rings. The van der Waals surface area contributed by atoms with Crippen molar-refractivity contribution in [3.05, 3.63) is 0 Å². The van der Waals surface area contributed by atoms with Crippen LogP contribution in [-0.2, 0) is 4.79 Å². The van der Waals surface area contributed by atoms with Crippen molar-refractivity contribution in [2.45, 2.75) is 58.9 Å². The number of carbonyl (C=O) groups excluding carboxylic acids is 1. The molecule has 0 aromatic carbocycles. The molecule has 0 aromatic heterocycles. The van der Waals surface area contributed by atoms with Gasteiger partial charge in [0.1, 0.15) is 5.78 Å². The Labute approximate surface area is 99.2 Å². The Morgan fingerprint density at radius 2 is 2.00 bits per heavy atom. The van der Waals surface area contributed by atoms with Crippen LogP contribution in [0.25, 0.3) is 0 Å². The molecule has 1 heterocycles. The number of hydrogen-bond donors (Lipinski definition) is 1. The van der Waals surface area contributed by atoms with E-state index >= 15 is 0 Å². The Morgan fingerprint density at radius 1 is 1.31 bits per heavy atom. The third-order valence-electron chi connectivity index (χ3n) is 4.40. The van der Waals surface area contributed by atoms with Crippen LogP contribution in [0.4, 0.5) is 0 Å². The van der Waals surface area contributed by atoms with Crippen molar-refractivity contribution in [1.82, 2.24) is 5.32 Å². The number of rotatable bonds is 3. The fourth-order valence-electron chi connectivity index (χ4n) is 3.00. The van der Waals surface area contributed by atoms with Crippen molar-refractivity contribution in [1.29, 1.82) is 0 Å². The number of hydrogen-bond acceptors (Lipinski definition) is 2. The molecule has 1 unspecified atom stereocenters. The topological polar surface area (TPSA) is 29.1 Å². The van der Waals surface area contributed by atoms with Gasteiger partial charge in [-0.25, -0.2) is 0 Å². The minimum absolute atomic E-state index is 0.189.